The fourth-order valence-corrected chi connectivity index (χ4v) is 2.42. The van der Waals surface area contributed by atoms with Crippen molar-refractivity contribution < 1.29 is 4.79 Å². The molecule has 0 aliphatic rings. The summed E-state index contributed by atoms with van der Waals surface area (Å²) in [6.07, 6.45) is 2.13. The molecule has 1 amide bonds. The summed E-state index contributed by atoms with van der Waals surface area (Å²) in [5, 5.41) is 2.78. The van der Waals surface area contributed by atoms with Crippen LogP contribution in [0.1, 0.15) is 42.3 Å². The molecule has 6 nitrogen and oxygen atoms in total. The average molecular weight is 329 g/mol. The molecule has 1 aromatic heterocycles. The van der Waals surface area contributed by atoms with E-state index in [0.29, 0.717) is 6.54 Å². The van der Waals surface area contributed by atoms with Crippen molar-refractivity contribution in [2.45, 2.75) is 32.6 Å². The van der Waals surface area contributed by atoms with E-state index in [0.717, 1.165) is 22.7 Å². The maximum atomic E-state index is 12.3. The second-order valence-corrected chi connectivity index (χ2v) is 6.49. The molecule has 0 unspecified atom stereocenters. The molecule has 128 valence electrons. The zero-order valence-electron chi connectivity index (χ0n) is 14.5. The molecule has 0 aliphatic heterocycles. The maximum Gasteiger partial charge on any atom is 0.328 e. The molecule has 0 spiro atoms. The normalized spacial score (nSPS) is 11.3. The lowest BCUT2D eigenvalue weighted by Gasteiger charge is -2.26. The van der Waals surface area contributed by atoms with Crippen molar-refractivity contribution in [3.63, 3.8) is 0 Å². The zero-order chi connectivity index (χ0) is 17.9. The van der Waals surface area contributed by atoms with Crippen LogP contribution in [0.3, 0.4) is 0 Å². The van der Waals surface area contributed by atoms with E-state index in [-0.39, 0.29) is 11.0 Å². The molecular weight excluding hydrogens is 306 g/mol. The number of aromatic nitrogens is 2. The highest BCUT2D eigenvalue weighted by atomic mass is 16.2. The van der Waals surface area contributed by atoms with Crippen LogP contribution in [0, 0.1) is 0 Å². The molecule has 0 aliphatic carbocycles. The van der Waals surface area contributed by atoms with E-state index in [9.17, 15) is 14.4 Å². The van der Waals surface area contributed by atoms with Crippen LogP contribution in [0.4, 0.5) is 0 Å². The van der Waals surface area contributed by atoms with Gasteiger partial charge in [0.05, 0.1) is 0 Å². The van der Waals surface area contributed by atoms with Crippen LogP contribution in [0.2, 0.25) is 0 Å². The minimum Gasteiger partial charge on any atom is -0.351 e. The Labute approximate surface area is 140 Å². The van der Waals surface area contributed by atoms with Gasteiger partial charge >= 0.3 is 5.69 Å². The second kappa shape index (κ2) is 6.86. The Morgan fingerprint density at radius 1 is 1.21 bits per heavy atom. The first-order valence-electron chi connectivity index (χ1n) is 7.92. The number of benzene rings is 1. The first-order valence-corrected chi connectivity index (χ1v) is 7.92. The van der Waals surface area contributed by atoms with Gasteiger partial charge in [0.2, 0.25) is 0 Å². The van der Waals surface area contributed by atoms with E-state index < -0.39 is 17.2 Å². The van der Waals surface area contributed by atoms with Gasteiger partial charge in [-0.1, -0.05) is 45.0 Å². The van der Waals surface area contributed by atoms with Crippen molar-refractivity contribution >= 4 is 5.91 Å². The number of carbonyl (C=O) groups is 1. The van der Waals surface area contributed by atoms with Crippen molar-refractivity contribution in [3.05, 3.63) is 68.0 Å². The summed E-state index contributed by atoms with van der Waals surface area (Å²) >= 11 is 0. The molecule has 0 fully saturated rings. The molecular formula is C18H23N3O3. The van der Waals surface area contributed by atoms with Gasteiger partial charge in [0, 0.05) is 25.2 Å². The number of aryl methyl sites for hydroxylation is 1. The number of nitrogens with one attached hydrogen (secondary N) is 2. The molecule has 2 rings (SSSR count). The quantitative estimate of drug-likeness (QED) is 0.868. The molecule has 2 aromatic rings. The van der Waals surface area contributed by atoms with E-state index in [4.69, 9.17) is 0 Å². The van der Waals surface area contributed by atoms with E-state index in [1.54, 1.807) is 0 Å². The van der Waals surface area contributed by atoms with Crippen molar-refractivity contribution in [1.29, 1.82) is 0 Å². The van der Waals surface area contributed by atoms with Gasteiger partial charge in [-0.05, 0) is 17.5 Å². The predicted molar refractivity (Wildman–Crippen MR) is 93.5 cm³/mol. The van der Waals surface area contributed by atoms with E-state index in [2.05, 4.69) is 41.5 Å². The smallest absolute Gasteiger partial charge is 0.328 e. The molecule has 1 heterocycles. The number of nitrogens with zero attached hydrogens (tertiary/aromatic N) is 1. The van der Waals surface area contributed by atoms with E-state index in [1.807, 2.05) is 13.8 Å². The fraction of sp³-hybridized carbons (Fsp3) is 0.389. The number of carbonyl (C=O) groups excluding carboxylic acids is 1. The van der Waals surface area contributed by atoms with Gasteiger partial charge in [-0.15, -0.1) is 0 Å². The minimum atomic E-state index is -0.610. The van der Waals surface area contributed by atoms with Crippen LogP contribution in [0.25, 0.3) is 0 Å². The summed E-state index contributed by atoms with van der Waals surface area (Å²) in [5.74, 6) is -0.495. The van der Waals surface area contributed by atoms with Crippen LogP contribution in [-0.4, -0.2) is 22.0 Å². The van der Waals surface area contributed by atoms with Crippen molar-refractivity contribution in [3.8, 4) is 0 Å². The first kappa shape index (κ1) is 17.7. The summed E-state index contributed by atoms with van der Waals surface area (Å²) < 4.78 is 0.879. The number of amides is 1. The number of hydrogen-bond donors (Lipinski definition) is 2. The SMILES string of the molecule is CCc1ccc(C(C)(C)CNC(=O)c2c[nH]c(=O)n(C)c2=O)cc1. The Morgan fingerprint density at radius 2 is 1.83 bits per heavy atom. The Bertz CT molecular complexity index is 845. The summed E-state index contributed by atoms with van der Waals surface area (Å²) in [4.78, 5) is 38.0. The number of hydrogen-bond acceptors (Lipinski definition) is 3. The van der Waals surface area contributed by atoms with Gasteiger partial charge in [0.15, 0.2) is 0 Å². The monoisotopic (exact) mass is 329 g/mol. The molecule has 0 saturated carbocycles. The van der Waals surface area contributed by atoms with E-state index >= 15 is 0 Å². The molecule has 24 heavy (non-hydrogen) atoms. The van der Waals surface area contributed by atoms with Gasteiger partial charge in [-0.2, -0.15) is 0 Å². The topological polar surface area (TPSA) is 84.0 Å². The highest BCUT2D eigenvalue weighted by Gasteiger charge is 2.22. The van der Waals surface area contributed by atoms with E-state index in [1.165, 1.54) is 12.6 Å². The van der Waals surface area contributed by atoms with Crippen LogP contribution in [0.15, 0.2) is 40.1 Å². The number of H-pyrrole nitrogens is 1. The Hall–Kier alpha value is -2.63. The molecule has 0 atom stereocenters. The summed E-state index contributed by atoms with van der Waals surface area (Å²) in [7, 11) is 1.33. The third-order valence-corrected chi connectivity index (χ3v) is 4.26. The molecule has 0 radical (unpaired) electrons. The van der Waals surface area contributed by atoms with Crippen LogP contribution in [-0.2, 0) is 18.9 Å². The Kier molecular flexibility index (Phi) is 5.07. The molecule has 0 saturated heterocycles. The van der Waals surface area contributed by atoms with Gasteiger partial charge in [-0.3, -0.25) is 14.2 Å². The first-order chi connectivity index (χ1) is 11.3. The largest absolute Gasteiger partial charge is 0.351 e. The lowest BCUT2D eigenvalue weighted by atomic mass is 9.84. The minimum absolute atomic E-state index is 0.0748. The van der Waals surface area contributed by atoms with Crippen molar-refractivity contribution in [2.24, 2.45) is 7.05 Å². The Balaban J connectivity index is 2.14. The van der Waals surface area contributed by atoms with Gasteiger partial charge in [0.25, 0.3) is 11.5 Å². The highest BCUT2D eigenvalue weighted by Crippen LogP contribution is 2.22. The lowest BCUT2D eigenvalue weighted by Crippen LogP contribution is -2.42. The number of aromatic amines is 1. The maximum absolute atomic E-state index is 12.3. The lowest BCUT2D eigenvalue weighted by molar-refractivity contribution is 0.0943. The van der Waals surface area contributed by atoms with Gasteiger partial charge in [-0.25, -0.2) is 4.79 Å². The second-order valence-electron chi connectivity index (χ2n) is 6.49. The van der Waals surface area contributed by atoms with Crippen molar-refractivity contribution in [1.82, 2.24) is 14.9 Å². The fourth-order valence-electron chi connectivity index (χ4n) is 2.42. The standard InChI is InChI=1S/C18H23N3O3/c1-5-12-6-8-13(9-7-12)18(2,3)11-20-15(22)14-10-19-17(24)21(4)16(14)23/h6-10H,5,11H2,1-4H3,(H,19,24)(H,20,22). The van der Waals surface area contributed by atoms with Crippen LogP contribution < -0.4 is 16.6 Å². The summed E-state index contributed by atoms with van der Waals surface area (Å²) in [5.41, 5.74) is 0.850. The molecule has 1 aromatic carbocycles. The molecule has 2 N–H and O–H groups in total. The van der Waals surface area contributed by atoms with Crippen molar-refractivity contribution in [2.75, 3.05) is 6.54 Å². The third-order valence-electron chi connectivity index (χ3n) is 4.26. The predicted octanol–water partition coefficient (Wildman–Crippen LogP) is 1.34. The summed E-state index contributed by atoms with van der Waals surface area (Å²) in [6, 6.07) is 8.28. The van der Waals surface area contributed by atoms with Crippen LogP contribution in [0.5, 0.6) is 0 Å². The highest BCUT2D eigenvalue weighted by molar-refractivity contribution is 5.93. The van der Waals surface area contributed by atoms with Gasteiger partial charge in [0.1, 0.15) is 5.56 Å². The average Bonchev–Trinajstić information content (AvgIpc) is 2.58. The molecule has 6 heteroatoms. The molecule has 0 bridgehead atoms. The van der Waals surface area contributed by atoms with Gasteiger partial charge < -0.3 is 10.3 Å². The summed E-state index contributed by atoms with van der Waals surface area (Å²) in [6.45, 7) is 6.53. The number of rotatable bonds is 5. The Morgan fingerprint density at radius 3 is 2.42 bits per heavy atom. The zero-order valence-corrected chi connectivity index (χ0v) is 14.5. The van der Waals surface area contributed by atoms with Crippen LogP contribution >= 0.6 is 0 Å². The third kappa shape index (κ3) is 3.64.